The van der Waals surface area contributed by atoms with E-state index in [1.165, 1.54) is 0 Å². The second-order valence-corrected chi connectivity index (χ2v) is 1.76. The first-order valence-corrected chi connectivity index (χ1v) is 3.46. The van der Waals surface area contributed by atoms with Crippen molar-refractivity contribution in [1.82, 2.24) is 0 Å². The molecule has 0 amide bonds. The molecular weight excluding hydrogens is 136 g/mol. The van der Waals surface area contributed by atoms with Crippen molar-refractivity contribution in [1.29, 1.82) is 0 Å². The van der Waals surface area contributed by atoms with Gasteiger partial charge in [-0.15, -0.1) is 0 Å². The van der Waals surface area contributed by atoms with Crippen molar-refractivity contribution < 1.29 is 5.11 Å². The van der Waals surface area contributed by atoms with Crippen molar-refractivity contribution in [3.63, 3.8) is 0 Å². The van der Waals surface area contributed by atoms with Gasteiger partial charge < -0.3 is 5.11 Å². The van der Waals surface area contributed by atoms with Gasteiger partial charge in [0.15, 0.2) is 0 Å². The topological polar surface area (TPSA) is 20.2 Å². The fourth-order valence-corrected chi connectivity index (χ4v) is 0.423. The lowest BCUT2D eigenvalue weighted by atomic mass is 10.4. The highest BCUT2D eigenvalue weighted by molar-refractivity contribution is 5.25. The van der Waals surface area contributed by atoms with Gasteiger partial charge in [-0.3, -0.25) is 0 Å². The van der Waals surface area contributed by atoms with E-state index in [1.807, 2.05) is 25.2 Å². The lowest BCUT2D eigenvalue weighted by Gasteiger charge is -1.70. The maximum Gasteiger partial charge on any atom is 0.0621 e. The predicted octanol–water partition coefficient (Wildman–Crippen LogP) is 1.67. The molecule has 0 bridgehead atoms. The molecule has 0 radical (unpaired) electrons. The molecule has 0 aliphatic carbocycles. The molecule has 0 unspecified atom stereocenters. The maximum absolute atomic E-state index is 8.32. The molecule has 0 saturated carbocycles. The summed E-state index contributed by atoms with van der Waals surface area (Å²) < 4.78 is 0. The van der Waals surface area contributed by atoms with E-state index in [9.17, 15) is 0 Å². The van der Waals surface area contributed by atoms with Crippen LogP contribution in [0.4, 0.5) is 0 Å². The SMILES string of the molecule is CC=CC=CC#CC=CCO. The van der Waals surface area contributed by atoms with Crippen LogP contribution in [-0.2, 0) is 0 Å². The molecule has 0 rings (SSSR count). The van der Waals surface area contributed by atoms with Gasteiger partial charge in [-0.05, 0) is 19.1 Å². The normalized spacial score (nSPS) is 11.1. The Kier molecular flexibility index (Phi) is 7.74. The van der Waals surface area contributed by atoms with E-state index < -0.39 is 0 Å². The number of hydrogen-bond acceptors (Lipinski definition) is 1. The van der Waals surface area contributed by atoms with Gasteiger partial charge in [0.05, 0.1) is 6.61 Å². The summed E-state index contributed by atoms with van der Waals surface area (Å²) in [6.07, 6.45) is 10.7. The third-order valence-electron chi connectivity index (χ3n) is 0.873. The summed E-state index contributed by atoms with van der Waals surface area (Å²) in [5, 5.41) is 8.32. The molecule has 0 aromatic carbocycles. The molecule has 1 N–H and O–H groups in total. The third-order valence-corrected chi connectivity index (χ3v) is 0.873. The first kappa shape index (κ1) is 9.74. The van der Waals surface area contributed by atoms with Crippen molar-refractivity contribution >= 4 is 0 Å². The van der Waals surface area contributed by atoms with Crippen LogP contribution in [0.25, 0.3) is 0 Å². The van der Waals surface area contributed by atoms with Gasteiger partial charge in [-0.25, -0.2) is 0 Å². The standard InChI is InChI=1S/C10H12O/c1-2-3-4-5-6-7-8-9-10-11/h2-5,8-9,11H,10H2,1H3. The molecule has 11 heavy (non-hydrogen) atoms. The molecule has 0 aromatic heterocycles. The lowest BCUT2D eigenvalue weighted by Crippen LogP contribution is -1.67. The second-order valence-electron chi connectivity index (χ2n) is 1.76. The van der Waals surface area contributed by atoms with Crippen LogP contribution in [0.1, 0.15) is 6.92 Å². The number of allylic oxidation sites excluding steroid dienone is 5. The minimum absolute atomic E-state index is 0.0489. The minimum Gasteiger partial charge on any atom is -0.392 e. The monoisotopic (exact) mass is 148 g/mol. The van der Waals surface area contributed by atoms with Crippen molar-refractivity contribution in [2.24, 2.45) is 0 Å². The van der Waals surface area contributed by atoms with Crippen molar-refractivity contribution in [3.05, 3.63) is 36.5 Å². The Hall–Kier alpha value is -1.26. The van der Waals surface area contributed by atoms with Crippen LogP contribution in [0.2, 0.25) is 0 Å². The van der Waals surface area contributed by atoms with Crippen LogP contribution in [0, 0.1) is 11.8 Å². The molecule has 0 fully saturated rings. The molecule has 0 aromatic rings. The smallest absolute Gasteiger partial charge is 0.0621 e. The predicted molar refractivity (Wildman–Crippen MR) is 48.0 cm³/mol. The van der Waals surface area contributed by atoms with Gasteiger partial charge in [0.2, 0.25) is 0 Å². The van der Waals surface area contributed by atoms with E-state index in [1.54, 1.807) is 18.2 Å². The second kappa shape index (κ2) is 8.74. The molecule has 0 spiro atoms. The number of hydrogen-bond donors (Lipinski definition) is 1. The summed E-state index contributed by atoms with van der Waals surface area (Å²) in [6, 6.07) is 0. The van der Waals surface area contributed by atoms with Gasteiger partial charge in [0.1, 0.15) is 0 Å². The fourth-order valence-electron chi connectivity index (χ4n) is 0.423. The van der Waals surface area contributed by atoms with Crippen LogP contribution in [0.15, 0.2) is 36.5 Å². The van der Waals surface area contributed by atoms with Crippen molar-refractivity contribution in [2.45, 2.75) is 6.92 Å². The van der Waals surface area contributed by atoms with Gasteiger partial charge in [0, 0.05) is 0 Å². The summed E-state index contributed by atoms with van der Waals surface area (Å²) >= 11 is 0. The molecule has 0 saturated heterocycles. The molecule has 1 heteroatoms. The van der Waals surface area contributed by atoms with Crippen LogP contribution in [0.3, 0.4) is 0 Å². The Morgan fingerprint density at radius 1 is 1.18 bits per heavy atom. The first-order chi connectivity index (χ1) is 5.41. The first-order valence-electron chi connectivity index (χ1n) is 3.46. The number of aliphatic hydroxyl groups excluding tert-OH is 1. The van der Waals surface area contributed by atoms with Gasteiger partial charge in [0.25, 0.3) is 0 Å². The van der Waals surface area contributed by atoms with Gasteiger partial charge in [-0.2, -0.15) is 0 Å². The van der Waals surface area contributed by atoms with E-state index in [0.29, 0.717) is 0 Å². The van der Waals surface area contributed by atoms with Crippen molar-refractivity contribution in [3.8, 4) is 11.8 Å². The Balaban J connectivity index is 3.63. The highest BCUT2D eigenvalue weighted by Crippen LogP contribution is 1.74. The molecule has 58 valence electrons. The molecule has 1 nitrogen and oxygen atoms in total. The zero-order valence-corrected chi connectivity index (χ0v) is 6.62. The zero-order valence-electron chi connectivity index (χ0n) is 6.62. The Bertz CT molecular complexity index is 211. The van der Waals surface area contributed by atoms with Crippen molar-refractivity contribution in [2.75, 3.05) is 6.61 Å². The van der Waals surface area contributed by atoms with E-state index in [2.05, 4.69) is 11.8 Å². The van der Waals surface area contributed by atoms with Gasteiger partial charge >= 0.3 is 0 Å². The number of aliphatic hydroxyl groups is 1. The fraction of sp³-hybridized carbons (Fsp3) is 0.200. The maximum atomic E-state index is 8.32. The van der Waals surface area contributed by atoms with Crippen LogP contribution in [-0.4, -0.2) is 11.7 Å². The lowest BCUT2D eigenvalue weighted by molar-refractivity contribution is 0.343. The average molecular weight is 148 g/mol. The Morgan fingerprint density at radius 3 is 2.55 bits per heavy atom. The van der Waals surface area contributed by atoms with Gasteiger partial charge in [-0.1, -0.05) is 36.1 Å². The largest absolute Gasteiger partial charge is 0.392 e. The Morgan fingerprint density at radius 2 is 1.91 bits per heavy atom. The third kappa shape index (κ3) is 8.74. The Labute approximate surface area is 67.7 Å². The molecule has 0 heterocycles. The van der Waals surface area contributed by atoms with Crippen LogP contribution >= 0.6 is 0 Å². The quantitative estimate of drug-likeness (QED) is 0.466. The van der Waals surface area contributed by atoms with E-state index in [0.717, 1.165) is 0 Å². The molecule has 0 aliphatic rings. The zero-order chi connectivity index (χ0) is 8.36. The minimum atomic E-state index is 0.0489. The summed E-state index contributed by atoms with van der Waals surface area (Å²) in [6.45, 7) is 2.00. The summed E-state index contributed by atoms with van der Waals surface area (Å²) in [7, 11) is 0. The molecule has 0 aliphatic heterocycles. The van der Waals surface area contributed by atoms with Crippen LogP contribution in [0.5, 0.6) is 0 Å². The summed E-state index contributed by atoms with van der Waals surface area (Å²) in [5.74, 6) is 5.51. The highest BCUT2D eigenvalue weighted by atomic mass is 16.2. The van der Waals surface area contributed by atoms with E-state index in [-0.39, 0.29) is 6.61 Å². The van der Waals surface area contributed by atoms with E-state index in [4.69, 9.17) is 5.11 Å². The molecule has 0 atom stereocenters. The number of rotatable bonds is 2. The highest BCUT2D eigenvalue weighted by Gasteiger charge is 1.60. The van der Waals surface area contributed by atoms with E-state index >= 15 is 0 Å². The summed E-state index contributed by atoms with van der Waals surface area (Å²) in [5.41, 5.74) is 0. The van der Waals surface area contributed by atoms with Crippen LogP contribution < -0.4 is 0 Å². The summed E-state index contributed by atoms with van der Waals surface area (Å²) in [4.78, 5) is 0. The average Bonchev–Trinajstić information content (AvgIpc) is 2.03. The molecular formula is C10H12O.